The number of hydrogen-bond donors (Lipinski definition) is 0. The van der Waals surface area contributed by atoms with Gasteiger partial charge in [-0.05, 0) is 75.7 Å². The number of anilines is 1. The highest BCUT2D eigenvalue weighted by molar-refractivity contribution is 8.00. The summed E-state index contributed by atoms with van der Waals surface area (Å²) in [7, 11) is 0. The van der Waals surface area contributed by atoms with Crippen molar-refractivity contribution in [1.29, 1.82) is 5.26 Å². The monoisotopic (exact) mass is 682 g/mol. The molecule has 3 fully saturated rings. The Morgan fingerprint density at radius 3 is 1.70 bits per heavy atom. The van der Waals surface area contributed by atoms with Crippen LogP contribution in [-0.2, 0) is 18.9 Å². The van der Waals surface area contributed by atoms with Gasteiger partial charge in [-0.3, -0.25) is 4.79 Å². The fourth-order valence-corrected chi connectivity index (χ4v) is 9.60. The molecule has 10 heteroatoms. The minimum absolute atomic E-state index is 0.0348. The highest BCUT2D eigenvalue weighted by atomic mass is 32.2. The van der Waals surface area contributed by atoms with Crippen molar-refractivity contribution >= 4 is 52.8 Å². The van der Waals surface area contributed by atoms with Crippen molar-refractivity contribution in [2.24, 2.45) is 10.8 Å². The van der Waals surface area contributed by atoms with Crippen LogP contribution in [-0.4, -0.2) is 91.4 Å². The van der Waals surface area contributed by atoms with Gasteiger partial charge in [0.05, 0.1) is 38.1 Å². The standard InChI is InChI=1S/C36H46N2O5S3/c1-33(2)40-20-35(21-41-33)24-44-17-15-38(16-18-45-25-36(27-46-26-35)22-42-34(3,4)43-23-36)31-12-7-28(8-13-31)9-14-32(39)30-10-5-29(19-37)6-11-30/h5-14H,15-18,20-27H2,1-4H3/b14-9+. The van der Waals surface area contributed by atoms with E-state index in [0.717, 1.165) is 53.2 Å². The van der Waals surface area contributed by atoms with E-state index >= 15 is 0 Å². The molecule has 3 heterocycles. The molecule has 3 aliphatic rings. The second-order valence-corrected chi connectivity index (χ2v) is 16.7. The summed E-state index contributed by atoms with van der Waals surface area (Å²) in [6.45, 7) is 12.7. The van der Waals surface area contributed by atoms with Gasteiger partial charge in [-0.25, -0.2) is 0 Å². The van der Waals surface area contributed by atoms with Gasteiger partial charge in [0.1, 0.15) is 0 Å². The summed E-state index contributed by atoms with van der Waals surface area (Å²) in [5, 5.41) is 9.00. The molecule has 7 nitrogen and oxygen atoms in total. The second kappa shape index (κ2) is 15.5. The number of rotatable bonds is 4. The summed E-state index contributed by atoms with van der Waals surface area (Å²) < 4.78 is 24.8. The van der Waals surface area contributed by atoms with Crippen LogP contribution in [0, 0.1) is 22.2 Å². The maximum Gasteiger partial charge on any atom is 0.185 e. The van der Waals surface area contributed by atoms with Gasteiger partial charge in [-0.2, -0.15) is 40.5 Å². The highest BCUT2D eigenvalue weighted by Gasteiger charge is 2.43. The van der Waals surface area contributed by atoms with E-state index in [2.05, 4.69) is 35.2 Å². The van der Waals surface area contributed by atoms with Crippen LogP contribution >= 0.6 is 35.3 Å². The van der Waals surface area contributed by atoms with Crippen molar-refractivity contribution in [2.45, 2.75) is 39.3 Å². The Hall–Kier alpha value is -1.97. The van der Waals surface area contributed by atoms with Gasteiger partial charge < -0.3 is 23.8 Å². The Balaban J connectivity index is 1.26. The molecule has 2 aromatic rings. The fourth-order valence-electron chi connectivity index (χ4n) is 5.45. The van der Waals surface area contributed by atoms with Gasteiger partial charge in [0, 0.05) is 69.7 Å². The van der Waals surface area contributed by atoms with Crippen molar-refractivity contribution in [1.82, 2.24) is 0 Å². The van der Waals surface area contributed by atoms with E-state index in [-0.39, 0.29) is 16.6 Å². The summed E-state index contributed by atoms with van der Waals surface area (Å²) >= 11 is 5.97. The third-order valence-corrected chi connectivity index (χ3v) is 12.7. The largest absolute Gasteiger partial charge is 0.370 e. The highest BCUT2D eigenvalue weighted by Crippen LogP contribution is 2.40. The minimum atomic E-state index is -0.538. The number of nitrogens with zero attached hydrogens (tertiary/aromatic N) is 2. The molecule has 2 spiro atoms. The molecule has 0 N–H and O–H groups in total. The smallest absolute Gasteiger partial charge is 0.185 e. The molecule has 3 aliphatic heterocycles. The zero-order valence-electron chi connectivity index (χ0n) is 27.4. The van der Waals surface area contributed by atoms with Crippen LogP contribution in [0.4, 0.5) is 5.69 Å². The van der Waals surface area contributed by atoms with Crippen LogP contribution in [0.2, 0.25) is 0 Å². The molecule has 0 aliphatic carbocycles. The van der Waals surface area contributed by atoms with Crippen LogP contribution in [0.3, 0.4) is 0 Å². The van der Waals surface area contributed by atoms with Crippen LogP contribution in [0.15, 0.2) is 54.6 Å². The Morgan fingerprint density at radius 2 is 1.22 bits per heavy atom. The number of thioether (sulfide) groups is 3. The normalized spacial score (nSPS) is 23.5. The third kappa shape index (κ3) is 9.79. The van der Waals surface area contributed by atoms with Crippen LogP contribution in [0.1, 0.15) is 49.2 Å². The lowest BCUT2D eigenvalue weighted by Gasteiger charge is -2.45. The first kappa shape index (κ1) is 35.3. The van der Waals surface area contributed by atoms with Gasteiger partial charge in [0.15, 0.2) is 17.4 Å². The first-order valence-electron chi connectivity index (χ1n) is 15.9. The zero-order chi connectivity index (χ0) is 32.7. The number of carbonyl (C=O) groups excluding carboxylic acids is 1. The first-order valence-corrected chi connectivity index (χ1v) is 19.3. The number of benzene rings is 2. The van der Waals surface area contributed by atoms with E-state index in [1.807, 2.05) is 69.1 Å². The summed E-state index contributed by atoms with van der Waals surface area (Å²) in [5.74, 6) is 4.82. The lowest BCUT2D eigenvalue weighted by molar-refractivity contribution is -0.278. The molecular formula is C36H46N2O5S3. The molecular weight excluding hydrogens is 637 g/mol. The quantitative estimate of drug-likeness (QED) is 0.248. The summed E-state index contributed by atoms with van der Waals surface area (Å²) in [6, 6.07) is 17.2. The molecule has 2 aromatic carbocycles. The van der Waals surface area contributed by atoms with Crippen molar-refractivity contribution in [2.75, 3.05) is 78.9 Å². The van der Waals surface area contributed by atoms with E-state index in [0.29, 0.717) is 37.6 Å². The molecule has 0 radical (unpaired) electrons. The molecule has 0 amide bonds. The number of ether oxygens (including phenoxy) is 4. The molecule has 3 saturated heterocycles. The number of ketones is 1. The van der Waals surface area contributed by atoms with E-state index in [1.165, 1.54) is 5.69 Å². The summed E-state index contributed by atoms with van der Waals surface area (Å²) in [5.41, 5.74) is 3.19. The van der Waals surface area contributed by atoms with E-state index in [9.17, 15) is 4.79 Å². The third-order valence-electron chi connectivity index (χ3n) is 8.53. The number of hydrogen-bond acceptors (Lipinski definition) is 10. The summed E-state index contributed by atoms with van der Waals surface area (Å²) in [4.78, 5) is 15.1. The molecule has 5 rings (SSSR count). The minimum Gasteiger partial charge on any atom is -0.370 e. The van der Waals surface area contributed by atoms with Crippen molar-refractivity contribution < 1.29 is 23.7 Å². The van der Waals surface area contributed by atoms with Gasteiger partial charge in [0.2, 0.25) is 0 Å². The molecule has 248 valence electrons. The molecule has 0 aromatic heterocycles. The van der Waals surface area contributed by atoms with Gasteiger partial charge >= 0.3 is 0 Å². The van der Waals surface area contributed by atoms with Crippen molar-refractivity contribution in [3.8, 4) is 6.07 Å². The maximum atomic E-state index is 12.6. The van der Waals surface area contributed by atoms with E-state index < -0.39 is 11.6 Å². The molecule has 46 heavy (non-hydrogen) atoms. The SMILES string of the molecule is CC1(C)OCC2(CO1)CSCCN(c1ccc(/C=C/C(=O)c3ccc(C#N)cc3)cc1)CCSCC1(COC(C)(C)OC1)CSC2. The number of nitriles is 1. The fraction of sp³-hybridized carbons (Fsp3) is 0.556. The Bertz CT molecular complexity index is 1320. The average molecular weight is 683 g/mol. The molecule has 0 saturated carbocycles. The van der Waals surface area contributed by atoms with Gasteiger partial charge in [0.25, 0.3) is 0 Å². The van der Waals surface area contributed by atoms with E-state index in [1.54, 1.807) is 30.3 Å². The van der Waals surface area contributed by atoms with Crippen LogP contribution in [0.5, 0.6) is 0 Å². The summed E-state index contributed by atoms with van der Waals surface area (Å²) in [6.07, 6.45) is 3.44. The van der Waals surface area contributed by atoms with Gasteiger partial charge in [-0.1, -0.05) is 18.2 Å². The predicted molar refractivity (Wildman–Crippen MR) is 192 cm³/mol. The molecule has 0 unspecified atom stereocenters. The van der Waals surface area contributed by atoms with Crippen molar-refractivity contribution in [3.63, 3.8) is 0 Å². The first-order chi connectivity index (χ1) is 22.0. The van der Waals surface area contributed by atoms with Gasteiger partial charge in [-0.15, -0.1) is 0 Å². The number of carbonyl (C=O) groups is 1. The zero-order valence-corrected chi connectivity index (χ0v) is 29.9. The lowest BCUT2D eigenvalue weighted by Crippen LogP contribution is -2.51. The predicted octanol–water partition coefficient (Wildman–Crippen LogP) is 7.01. The maximum absolute atomic E-state index is 12.6. The van der Waals surface area contributed by atoms with Crippen LogP contribution in [0.25, 0.3) is 6.08 Å². The van der Waals surface area contributed by atoms with Crippen LogP contribution < -0.4 is 4.90 Å². The van der Waals surface area contributed by atoms with Crippen molar-refractivity contribution in [3.05, 3.63) is 71.3 Å². The van der Waals surface area contributed by atoms with E-state index in [4.69, 9.17) is 24.2 Å². The topological polar surface area (TPSA) is 81.0 Å². The molecule has 0 bridgehead atoms. The second-order valence-electron chi connectivity index (χ2n) is 13.5. The Kier molecular flexibility index (Phi) is 11.9. The Labute approximate surface area is 287 Å². The molecule has 0 atom stereocenters. The Morgan fingerprint density at radius 1 is 0.739 bits per heavy atom. The lowest BCUT2D eigenvalue weighted by atomic mass is 9.93. The average Bonchev–Trinajstić information content (AvgIpc) is 3.05. The number of allylic oxidation sites excluding steroid dienone is 1.